The lowest BCUT2D eigenvalue weighted by molar-refractivity contribution is -0.384. The van der Waals surface area contributed by atoms with Gasteiger partial charge in [-0.3, -0.25) is 14.9 Å². The highest BCUT2D eigenvalue weighted by Gasteiger charge is 2.06. The van der Waals surface area contributed by atoms with E-state index in [1.54, 1.807) is 6.07 Å². The van der Waals surface area contributed by atoms with E-state index >= 15 is 0 Å². The molecule has 0 saturated heterocycles. The fourth-order valence-corrected chi connectivity index (χ4v) is 2.31. The number of nitrogens with zero attached hydrogens (tertiary/aromatic N) is 1. The number of aryl methyl sites for hydroxylation is 1. The molecule has 7 nitrogen and oxygen atoms in total. The maximum absolute atomic E-state index is 11.7. The van der Waals surface area contributed by atoms with Gasteiger partial charge in [0.2, 0.25) is 0 Å². The van der Waals surface area contributed by atoms with Crippen LogP contribution in [0.5, 0.6) is 0 Å². The number of carbonyl (C=O) groups is 2. The molecular formula is C20H20N2O5. The Morgan fingerprint density at radius 1 is 1.11 bits per heavy atom. The Bertz CT molecular complexity index is 818. The average Bonchev–Trinajstić information content (AvgIpc) is 2.69. The Kier molecular flexibility index (Phi) is 7.71. The van der Waals surface area contributed by atoms with Gasteiger partial charge in [-0.1, -0.05) is 42.5 Å². The van der Waals surface area contributed by atoms with Gasteiger partial charge >= 0.3 is 5.97 Å². The molecule has 0 fully saturated rings. The summed E-state index contributed by atoms with van der Waals surface area (Å²) < 4.78 is 4.85. The Hall–Kier alpha value is -3.48. The van der Waals surface area contributed by atoms with E-state index in [1.165, 1.54) is 29.8 Å². The highest BCUT2D eigenvalue weighted by atomic mass is 16.6. The van der Waals surface area contributed by atoms with Crippen molar-refractivity contribution in [2.45, 2.75) is 12.8 Å². The first kappa shape index (κ1) is 19.8. The van der Waals surface area contributed by atoms with Gasteiger partial charge in [0.15, 0.2) is 6.61 Å². The van der Waals surface area contributed by atoms with Crippen LogP contribution >= 0.6 is 0 Å². The number of nitro groups is 1. The molecule has 0 aliphatic heterocycles. The molecule has 140 valence electrons. The summed E-state index contributed by atoms with van der Waals surface area (Å²) in [5, 5.41) is 13.4. The molecule has 7 heteroatoms. The second kappa shape index (κ2) is 10.5. The number of nitrogens with one attached hydrogen (secondary N) is 1. The minimum Gasteiger partial charge on any atom is -0.452 e. The van der Waals surface area contributed by atoms with Crippen LogP contribution in [0.1, 0.15) is 17.5 Å². The Balaban J connectivity index is 1.66. The average molecular weight is 368 g/mol. The summed E-state index contributed by atoms with van der Waals surface area (Å²) in [4.78, 5) is 33.5. The molecule has 2 aromatic rings. The number of esters is 1. The number of carbonyl (C=O) groups excluding carboxylic acids is 2. The van der Waals surface area contributed by atoms with Gasteiger partial charge in [-0.2, -0.15) is 0 Å². The lowest BCUT2D eigenvalue weighted by Crippen LogP contribution is -2.29. The van der Waals surface area contributed by atoms with Gasteiger partial charge in [-0.25, -0.2) is 4.79 Å². The monoisotopic (exact) mass is 368 g/mol. The third kappa shape index (κ3) is 7.52. The normalized spacial score (nSPS) is 10.5. The SMILES string of the molecule is O=C(COC(=O)C=Cc1cccc([N+](=O)[O-])c1)NCCCc1ccccc1. The van der Waals surface area contributed by atoms with Crippen LogP contribution in [0.25, 0.3) is 6.08 Å². The first-order chi connectivity index (χ1) is 13.0. The van der Waals surface area contributed by atoms with Crippen LogP contribution in [0.3, 0.4) is 0 Å². The van der Waals surface area contributed by atoms with Crippen molar-refractivity contribution in [3.05, 3.63) is 81.9 Å². The van der Waals surface area contributed by atoms with Crippen molar-refractivity contribution in [3.63, 3.8) is 0 Å². The van der Waals surface area contributed by atoms with Crippen LogP contribution in [-0.4, -0.2) is 30.0 Å². The fraction of sp³-hybridized carbons (Fsp3) is 0.200. The molecule has 0 aliphatic carbocycles. The van der Waals surface area contributed by atoms with Gasteiger partial charge in [0.1, 0.15) is 0 Å². The van der Waals surface area contributed by atoms with Crippen LogP contribution in [0.2, 0.25) is 0 Å². The van der Waals surface area contributed by atoms with Crippen molar-refractivity contribution >= 4 is 23.6 Å². The summed E-state index contributed by atoms with van der Waals surface area (Å²) >= 11 is 0. The van der Waals surface area contributed by atoms with Crippen molar-refractivity contribution in [2.24, 2.45) is 0 Å². The third-order valence-corrected chi connectivity index (χ3v) is 3.65. The molecular weight excluding hydrogens is 348 g/mol. The predicted molar refractivity (Wildman–Crippen MR) is 101 cm³/mol. The summed E-state index contributed by atoms with van der Waals surface area (Å²) in [6.07, 6.45) is 4.16. The number of non-ortho nitro benzene ring substituents is 1. The second-order valence-electron chi connectivity index (χ2n) is 5.73. The molecule has 0 spiro atoms. The molecule has 0 radical (unpaired) electrons. The van der Waals surface area contributed by atoms with E-state index in [9.17, 15) is 19.7 Å². The molecule has 0 aromatic heterocycles. The molecule has 0 aliphatic rings. The molecule has 0 atom stereocenters. The van der Waals surface area contributed by atoms with Crippen LogP contribution in [-0.2, 0) is 20.7 Å². The minimum absolute atomic E-state index is 0.0691. The molecule has 1 N–H and O–H groups in total. The zero-order chi connectivity index (χ0) is 19.5. The van der Waals surface area contributed by atoms with Gasteiger partial charge in [-0.15, -0.1) is 0 Å². The molecule has 1 amide bonds. The van der Waals surface area contributed by atoms with Crippen molar-refractivity contribution < 1.29 is 19.2 Å². The second-order valence-corrected chi connectivity index (χ2v) is 5.73. The maximum atomic E-state index is 11.7. The Morgan fingerprint density at radius 2 is 1.89 bits per heavy atom. The van der Waals surface area contributed by atoms with Crippen molar-refractivity contribution in [1.82, 2.24) is 5.32 Å². The van der Waals surface area contributed by atoms with Crippen LogP contribution in [0.4, 0.5) is 5.69 Å². The summed E-state index contributed by atoms with van der Waals surface area (Å²) in [6.45, 7) is 0.123. The molecule has 2 rings (SSSR count). The van der Waals surface area contributed by atoms with E-state index in [1.807, 2.05) is 30.3 Å². The quantitative estimate of drug-likeness (QED) is 0.241. The standard InChI is InChI=1S/C20H20N2O5/c23-19(21-13-5-9-16-6-2-1-3-7-16)15-27-20(24)12-11-17-8-4-10-18(14-17)22(25)26/h1-4,6-8,10-12,14H,5,9,13,15H2,(H,21,23). The highest BCUT2D eigenvalue weighted by molar-refractivity contribution is 5.89. The van der Waals surface area contributed by atoms with Crippen molar-refractivity contribution in [2.75, 3.05) is 13.2 Å². The van der Waals surface area contributed by atoms with E-state index < -0.39 is 10.9 Å². The fourth-order valence-electron chi connectivity index (χ4n) is 2.31. The third-order valence-electron chi connectivity index (χ3n) is 3.65. The summed E-state index contributed by atoms with van der Waals surface area (Å²) in [7, 11) is 0. The lowest BCUT2D eigenvalue weighted by atomic mass is 10.1. The number of hydrogen-bond acceptors (Lipinski definition) is 5. The molecule has 0 unspecified atom stereocenters. The van der Waals surface area contributed by atoms with Crippen molar-refractivity contribution in [3.8, 4) is 0 Å². The van der Waals surface area contributed by atoms with Gasteiger partial charge in [0.05, 0.1) is 4.92 Å². The predicted octanol–water partition coefficient (Wildman–Crippen LogP) is 2.90. The zero-order valence-corrected chi connectivity index (χ0v) is 14.7. The van der Waals surface area contributed by atoms with Gasteiger partial charge in [0.25, 0.3) is 11.6 Å². The molecule has 2 aromatic carbocycles. The van der Waals surface area contributed by atoms with E-state index in [0.717, 1.165) is 18.9 Å². The molecule has 0 bridgehead atoms. The molecule has 27 heavy (non-hydrogen) atoms. The van der Waals surface area contributed by atoms with Crippen LogP contribution < -0.4 is 5.32 Å². The maximum Gasteiger partial charge on any atom is 0.331 e. The number of rotatable bonds is 9. The smallest absolute Gasteiger partial charge is 0.331 e. The Morgan fingerprint density at radius 3 is 2.63 bits per heavy atom. The Labute approximate surface area is 156 Å². The van der Waals surface area contributed by atoms with Gasteiger partial charge < -0.3 is 10.1 Å². The molecule has 0 heterocycles. The molecule has 0 saturated carbocycles. The largest absolute Gasteiger partial charge is 0.452 e. The number of hydrogen-bond donors (Lipinski definition) is 1. The number of amides is 1. The van der Waals surface area contributed by atoms with Gasteiger partial charge in [0, 0.05) is 24.8 Å². The van der Waals surface area contributed by atoms with Gasteiger partial charge in [-0.05, 0) is 30.0 Å². The van der Waals surface area contributed by atoms with E-state index in [4.69, 9.17) is 4.74 Å². The van der Waals surface area contributed by atoms with Crippen molar-refractivity contribution in [1.29, 1.82) is 0 Å². The zero-order valence-electron chi connectivity index (χ0n) is 14.7. The lowest BCUT2D eigenvalue weighted by Gasteiger charge is -2.05. The summed E-state index contributed by atoms with van der Waals surface area (Å²) in [6, 6.07) is 15.8. The van der Waals surface area contributed by atoms with E-state index in [0.29, 0.717) is 12.1 Å². The first-order valence-electron chi connectivity index (χ1n) is 8.44. The van der Waals surface area contributed by atoms with Crippen LogP contribution in [0, 0.1) is 10.1 Å². The topological polar surface area (TPSA) is 98.5 Å². The van der Waals surface area contributed by atoms with E-state index in [-0.39, 0.29) is 18.2 Å². The first-order valence-corrected chi connectivity index (χ1v) is 8.44. The minimum atomic E-state index is -0.694. The number of nitro benzene ring substituents is 1. The summed E-state index contributed by atoms with van der Waals surface area (Å²) in [5.74, 6) is -1.07. The van der Waals surface area contributed by atoms with E-state index in [2.05, 4.69) is 5.32 Å². The van der Waals surface area contributed by atoms with Crippen LogP contribution in [0.15, 0.2) is 60.7 Å². The summed E-state index contributed by atoms with van der Waals surface area (Å²) in [5.41, 5.74) is 1.62. The number of benzene rings is 2. The number of ether oxygens (including phenoxy) is 1. The highest BCUT2D eigenvalue weighted by Crippen LogP contribution is 2.14.